The molecule has 0 saturated carbocycles. The molecule has 0 fully saturated rings. The van der Waals surface area contributed by atoms with Gasteiger partial charge < -0.3 is 10.4 Å². The third kappa shape index (κ3) is 4.18. The second-order valence-electron chi connectivity index (χ2n) is 5.00. The first-order valence-corrected chi connectivity index (χ1v) is 7.10. The molecule has 0 aliphatic rings. The number of hydrogen-bond acceptors (Lipinski definition) is 3. The molecule has 1 atom stereocenters. The summed E-state index contributed by atoms with van der Waals surface area (Å²) >= 11 is 0. The predicted molar refractivity (Wildman–Crippen MR) is 80.3 cm³/mol. The summed E-state index contributed by atoms with van der Waals surface area (Å²) in [5, 5.41) is 16.0. The zero-order chi connectivity index (χ0) is 16.0. The quantitative estimate of drug-likeness (QED) is 0.719. The van der Waals surface area contributed by atoms with Crippen molar-refractivity contribution in [2.75, 3.05) is 0 Å². The highest BCUT2D eigenvalue weighted by Gasteiger charge is 2.24. The van der Waals surface area contributed by atoms with Crippen LogP contribution in [-0.4, -0.2) is 32.8 Å². The molecule has 1 heterocycles. The number of nitrogens with zero attached hydrogens (tertiary/aromatic N) is 2. The highest BCUT2D eigenvalue weighted by molar-refractivity contribution is 5.98. The Hall–Kier alpha value is -2.11. The van der Waals surface area contributed by atoms with E-state index in [0.29, 0.717) is 24.1 Å². The molecule has 0 aliphatic heterocycles. The maximum absolute atomic E-state index is 12.3. The monoisotopic (exact) mass is 293 g/mol. The topological polar surface area (TPSA) is 84.2 Å². The number of carboxylic acids is 1. The first-order valence-electron chi connectivity index (χ1n) is 7.10. The lowest BCUT2D eigenvalue weighted by molar-refractivity contribution is -0.139. The summed E-state index contributed by atoms with van der Waals surface area (Å²) in [6.07, 6.45) is 3.41. The Kier molecular flexibility index (Phi) is 6.14. The van der Waals surface area contributed by atoms with Gasteiger partial charge in [0.2, 0.25) is 0 Å². The van der Waals surface area contributed by atoms with Gasteiger partial charge in [0.05, 0.1) is 11.3 Å². The summed E-state index contributed by atoms with van der Waals surface area (Å²) in [5.74, 6) is -1.43. The molecular formula is C15H23N3O3. The lowest BCUT2D eigenvalue weighted by atomic mass is 10.1. The summed E-state index contributed by atoms with van der Waals surface area (Å²) in [6, 6.07) is -0.913. The van der Waals surface area contributed by atoms with Crippen LogP contribution in [0.3, 0.4) is 0 Å². The number of carbonyl (C=O) groups excluding carboxylic acids is 1. The number of aliphatic carboxylic acids is 1. The van der Waals surface area contributed by atoms with Crippen LogP contribution >= 0.6 is 0 Å². The lowest BCUT2D eigenvalue weighted by Gasteiger charge is -2.13. The van der Waals surface area contributed by atoms with Crippen molar-refractivity contribution in [1.29, 1.82) is 0 Å². The fourth-order valence-electron chi connectivity index (χ4n) is 2.23. The van der Waals surface area contributed by atoms with E-state index in [-0.39, 0.29) is 5.91 Å². The van der Waals surface area contributed by atoms with Crippen molar-refractivity contribution in [1.82, 2.24) is 15.1 Å². The molecule has 1 aromatic heterocycles. The highest BCUT2D eigenvalue weighted by Crippen LogP contribution is 2.14. The van der Waals surface area contributed by atoms with Crippen molar-refractivity contribution in [2.45, 2.75) is 52.6 Å². The van der Waals surface area contributed by atoms with E-state index >= 15 is 0 Å². The summed E-state index contributed by atoms with van der Waals surface area (Å²) in [5.41, 5.74) is 1.85. The molecule has 1 unspecified atom stereocenters. The summed E-state index contributed by atoms with van der Waals surface area (Å²) in [6.45, 7) is 9.91. The van der Waals surface area contributed by atoms with Crippen molar-refractivity contribution < 1.29 is 14.7 Å². The molecule has 0 aromatic carbocycles. The Morgan fingerprint density at radius 3 is 2.67 bits per heavy atom. The molecule has 6 heteroatoms. The third-order valence-corrected chi connectivity index (χ3v) is 3.31. The van der Waals surface area contributed by atoms with E-state index < -0.39 is 12.0 Å². The lowest BCUT2D eigenvalue weighted by Crippen LogP contribution is -2.41. The van der Waals surface area contributed by atoms with E-state index in [1.54, 1.807) is 17.7 Å². The minimum absolute atomic E-state index is 0.325. The highest BCUT2D eigenvalue weighted by atomic mass is 16.4. The maximum Gasteiger partial charge on any atom is 0.326 e. The summed E-state index contributed by atoms with van der Waals surface area (Å²) in [7, 11) is 0. The van der Waals surface area contributed by atoms with Crippen molar-refractivity contribution >= 4 is 11.9 Å². The zero-order valence-electron chi connectivity index (χ0n) is 12.8. The Morgan fingerprint density at radius 1 is 1.48 bits per heavy atom. The number of carboxylic acid groups (broad SMARTS) is 1. The van der Waals surface area contributed by atoms with Gasteiger partial charge in [-0.3, -0.25) is 9.48 Å². The van der Waals surface area contributed by atoms with E-state index in [0.717, 1.165) is 18.7 Å². The first-order chi connectivity index (χ1) is 9.92. The molecule has 1 rings (SSSR count). The largest absolute Gasteiger partial charge is 0.480 e. The SMILES string of the molecule is C=CCCC(NC(=O)c1c(C)nn(CCC)c1C)C(=O)O. The molecule has 1 amide bonds. The van der Waals surface area contributed by atoms with Crippen LogP contribution in [0.2, 0.25) is 0 Å². The van der Waals surface area contributed by atoms with Crippen LogP contribution in [0.15, 0.2) is 12.7 Å². The molecule has 2 N–H and O–H groups in total. The van der Waals surface area contributed by atoms with E-state index in [9.17, 15) is 9.59 Å². The molecule has 0 radical (unpaired) electrons. The van der Waals surface area contributed by atoms with Gasteiger partial charge in [-0.25, -0.2) is 4.79 Å². The second-order valence-corrected chi connectivity index (χ2v) is 5.00. The molecule has 0 spiro atoms. The van der Waals surface area contributed by atoms with Gasteiger partial charge in [-0.15, -0.1) is 6.58 Å². The third-order valence-electron chi connectivity index (χ3n) is 3.31. The number of amides is 1. The molecule has 0 aliphatic carbocycles. The van der Waals surface area contributed by atoms with Crippen molar-refractivity contribution in [2.24, 2.45) is 0 Å². The van der Waals surface area contributed by atoms with Gasteiger partial charge in [-0.05, 0) is 33.1 Å². The Morgan fingerprint density at radius 2 is 2.14 bits per heavy atom. The van der Waals surface area contributed by atoms with Gasteiger partial charge >= 0.3 is 5.97 Å². The smallest absolute Gasteiger partial charge is 0.326 e. The Balaban J connectivity index is 2.92. The fraction of sp³-hybridized carbons (Fsp3) is 0.533. The van der Waals surface area contributed by atoms with Gasteiger partial charge in [0, 0.05) is 12.2 Å². The van der Waals surface area contributed by atoms with E-state index in [4.69, 9.17) is 5.11 Å². The zero-order valence-corrected chi connectivity index (χ0v) is 12.8. The van der Waals surface area contributed by atoms with E-state index in [1.165, 1.54) is 0 Å². The molecule has 0 saturated heterocycles. The van der Waals surface area contributed by atoms with Crippen molar-refractivity contribution in [3.05, 3.63) is 29.6 Å². The molecule has 0 bridgehead atoms. The van der Waals surface area contributed by atoms with Crippen LogP contribution in [0.25, 0.3) is 0 Å². The van der Waals surface area contributed by atoms with Gasteiger partial charge in [-0.1, -0.05) is 13.0 Å². The molecule has 116 valence electrons. The number of nitrogens with one attached hydrogen (secondary N) is 1. The standard InChI is InChI=1S/C15H23N3O3/c1-5-7-8-12(15(20)21)16-14(19)13-10(3)17-18(9-6-2)11(13)4/h5,12H,1,6-9H2,2-4H3,(H,16,19)(H,20,21). The Labute approximate surface area is 124 Å². The molecule has 1 aromatic rings. The van der Waals surface area contributed by atoms with Crippen LogP contribution in [-0.2, 0) is 11.3 Å². The van der Waals surface area contributed by atoms with E-state index in [2.05, 4.69) is 17.0 Å². The minimum atomic E-state index is -1.04. The molecule has 6 nitrogen and oxygen atoms in total. The number of carbonyl (C=O) groups is 2. The Bertz CT molecular complexity index is 535. The van der Waals surface area contributed by atoms with Crippen molar-refractivity contribution in [3.63, 3.8) is 0 Å². The van der Waals surface area contributed by atoms with Crippen LogP contribution in [0.4, 0.5) is 0 Å². The molecular weight excluding hydrogens is 270 g/mol. The first kappa shape index (κ1) is 16.9. The average Bonchev–Trinajstić information content (AvgIpc) is 2.69. The average molecular weight is 293 g/mol. The summed E-state index contributed by atoms with van der Waals surface area (Å²) in [4.78, 5) is 23.5. The number of allylic oxidation sites excluding steroid dienone is 1. The van der Waals surface area contributed by atoms with Crippen LogP contribution in [0.1, 0.15) is 47.9 Å². The van der Waals surface area contributed by atoms with Crippen LogP contribution < -0.4 is 5.32 Å². The van der Waals surface area contributed by atoms with Gasteiger partial charge in [0.1, 0.15) is 6.04 Å². The van der Waals surface area contributed by atoms with Crippen LogP contribution in [0.5, 0.6) is 0 Å². The van der Waals surface area contributed by atoms with Crippen LogP contribution in [0, 0.1) is 13.8 Å². The maximum atomic E-state index is 12.3. The number of rotatable bonds is 8. The molecule has 21 heavy (non-hydrogen) atoms. The normalized spacial score (nSPS) is 12.0. The minimum Gasteiger partial charge on any atom is -0.480 e. The summed E-state index contributed by atoms with van der Waals surface area (Å²) < 4.78 is 1.78. The van der Waals surface area contributed by atoms with Gasteiger partial charge in [-0.2, -0.15) is 5.10 Å². The predicted octanol–water partition coefficient (Wildman–Crippen LogP) is 2.06. The fourth-order valence-corrected chi connectivity index (χ4v) is 2.23. The number of aryl methyl sites for hydroxylation is 2. The second kappa shape index (κ2) is 7.61. The van der Waals surface area contributed by atoms with Gasteiger partial charge in [0.25, 0.3) is 5.91 Å². The number of hydrogen-bond donors (Lipinski definition) is 2. The number of aromatic nitrogens is 2. The van der Waals surface area contributed by atoms with E-state index in [1.807, 2.05) is 13.8 Å². The van der Waals surface area contributed by atoms with Gasteiger partial charge in [0.15, 0.2) is 0 Å². The van der Waals surface area contributed by atoms with Crippen molar-refractivity contribution in [3.8, 4) is 0 Å².